The summed E-state index contributed by atoms with van der Waals surface area (Å²) in [5.41, 5.74) is -0.394. The van der Waals surface area contributed by atoms with E-state index < -0.39 is 27.5 Å². The number of amides is 2. The van der Waals surface area contributed by atoms with E-state index in [1.165, 1.54) is 25.2 Å². The Morgan fingerprint density at radius 1 is 1.19 bits per heavy atom. The third kappa shape index (κ3) is 3.25. The molecule has 2 aliphatic heterocycles. The number of benzene rings is 2. The van der Waals surface area contributed by atoms with Crippen molar-refractivity contribution >= 4 is 23.6 Å². The minimum atomic E-state index is -4.56. The molecule has 1 unspecified atom stereocenters. The topological polar surface area (TPSA) is 70.0 Å². The third-order valence-corrected chi connectivity index (χ3v) is 6.51. The van der Waals surface area contributed by atoms with Gasteiger partial charge in [-0.3, -0.25) is 0 Å². The first-order chi connectivity index (χ1) is 15.1. The Kier molecular flexibility index (Phi) is 5.27. The van der Waals surface area contributed by atoms with Crippen molar-refractivity contribution in [3.63, 3.8) is 0 Å². The molecule has 0 saturated carbocycles. The first kappa shape index (κ1) is 21.9. The maximum Gasteiger partial charge on any atom is 0.416 e. The fraction of sp³-hybridized carbons (Fsp3) is 0.292. The quantitative estimate of drug-likeness (QED) is 0.568. The summed E-state index contributed by atoms with van der Waals surface area (Å²) in [7, 11) is 1.48. The summed E-state index contributed by atoms with van der Waals surface area (Å²) in [5.74, 6) is -0.948. The summed E-state index contributed by atoms with van der Waals surface area (Å²) < 4.78 is 39.3. The molecular weight excluding hydrogens is 419 g/mol. The van der Waals surface area contributed by atoms with Gasteiger partial charge in [0.1, 0.15) is 5.41 Å². The summed E-state index contributed by atoms with van der Waals surface area (Å²) in [5, 5.41) is 12.6. The zero-order valence-electron chi connectivity index (χ0n) is 17.4. The molecule has 2 amide bonds. The van der Waals surface area contributed by atoms with Crippen LogP contribution in [0.2, 0.25) is 0 Å². The van der Waals surface area contributed by atoms with E-state index in [0.717, 1.165) is 18.2 Å². The predicted octanol–water partition coefficient (Wildman–Crippen LogP) is 3.92. The number of piperidine rings is 1. The summed E-state index contributed by atoms with van der Waals surface area (Å²) >= 11 is 0. The Hall–Kier alpha value is -3.28. The maximum atomic E-state index is 13.8. The van der Waals surface area contributed by atoms with E-state index >= 15 is 0 Å². The Bertz CT molecular complexity index is 1170. The van der Waals surface area contributed by atoms with Crippen molar-refractivity contribution in [2.75, 3.05) is 20.1 Å². The van der Waals surface area contributed by atoms with Crippen LogP contribution in [0.25, 0.3) is 6.08 Å². The zero-order valence-corrected chi connectivity index (χ0v) is 17.4. The second-order valence-electron chi connectivity index (χ2n) is 8.24. The molecule has 8 heteroatoms. The number of imide groups is 1. The van der Waals surface area contributed by atoms with Crippen molar-refractivity contribution in [1.29, 1.82) is 5.26 Å². The lowest BCUT2D eigenvalue weighted by Gasteiger charge is -2.32. The highest BCUT2D eigenvalue weighted by molar-refractivity contribution is 6.20. The van der Waals surface area contributed by atoms with E-state index in [1.54, 1.807) is 18.2 Å². The Morgan fingerprint density at radius 3 is 2.53 bits per heavy atom. The number of likely N-dealkylation sites (N-methyl/N-ethyl adjacent to an activating group) is 1. The number of alkyl halides is 3. The molecular formula is C24H21F3N3O2+. The van der Waals surface area contributed by atoms with E-state index in [1.807, 2.05) is 0 Å². The van der Waals surface area contributed by atoms with Gasteiger partial charge < -0.3 is 5.32 Å². The molecule has 1 atom stereocenters. The Labute approximate surface area is 183 Å². The molecule has 2 aromatic carbocycles. The predicted molar refractivity (Wildman–Crippen MR) is 113 cm³/mol. The van der Waals surface area contributed by atoms with Crippen molar-refractivity contribution in [2.45, 2.75) is 24.4 Å². The van der Waals surface area contributed by atoms with Crippen LogP contribution < -0.4 is 9.80 Å². The Morgan fingerprint density at radius 2 is 1.88 bits per heavy atom. The van der Waals surface area contributed by atoms with Gasteiger partial charge in [0, 0.05) is 17.7 Å². The molecule has 32 heavy (non-hydrogen) atoms. The molecule has 0 bridgehead atoms. The van der Waals surface area contributed by atoms with Crippen molar-refractivity contribution in [2.24, 2.45) is 0 Å². The average molecular weight is 440 g/mol. The summed E-state index contributed by atoms with van der Waals surface area (Å²) in [4.78, 5) is 27.1. The highest BCUT2D eigenvalue weighted by atomic mass is 19.4. The molecule has 164 valence electrons. The van der Waals surface area contributed by atoms with E-state index in [4.69, 9.17) is 0 Å². The Balaban J connectivity index is 1.79. The SMILES string of the molecule is C[N+]1(C(=O)C=Cc2ccccc2C(F)(F)F)C(=O)C2(CCNCC2)c2cc(C#N)ccc21. The van der Waals surface area contributed by atoms with Gasteiger partial charge in [-0.1, -0.05) is 18.2 Å². The third-order valence-electron chi connectivity index (χ3n) is 6.51. The van der Waals surface area contributed by atoms with Crippen LogP contribution in [0.15, 0.2) is 48.5 Å². The molecule has 2 aliphatic rings. The van der Waals surface area contributed by atoms with Crippen LogP contribution in [-0.4, -0.2) is 32.0 Å². The molecule has 1 N–H and O–H groups in total. The van der Waals surface area contributed by atoms with Crippen LogP contribution in [0.5, 0.6) is 0 Å². The van der Waals surface area contributed by atoms with Crippen molar-refractivity contribution in [1.82, 2.24) is 9.80 Å². The fourth-order valence-electron chi connectivity index (χ4n) is 4.80. The summed E-state index contributed by atoms with van der Waals surface area (Å²) in [6, 6.07) is 11.9. The molecule has 2 heterocycles. The highest BCUT2D eigenvalue weighted by Crippen LogP contribution is 2.50. The number of nitrogens with zero attached hydrogens (tertiary/aromatic N) is 2. The normalized spacial score (nSPS) is 22.2. The first-order valence-electron chi connectivity index (χ1n) is 10.2. The van der Waals surface area contributed by atoms with Crippen molar-refractivity contribution in [3.05, 3.63) is 70.8 Å². The van der Waals surface area contributed by atoms with Gasteiger partial charge >= 0.3 is 18.0 Å². The smallest absolute Gasteiger partial charge is 0.317 e. The largest absolute Gasteiger partial charge is 0.416 e. The second kappa shape index (κ2) is 7.69. The minimum absolute atomic E-state index is 0.150. The van der Waals surface area contributed by atoms with Crippen LogP contribution in [0, 0.1) is 11.3 Å². The summed E-state index contributed by atoms with van der Waals surface area (Å²) in [6.07, 6.45) is -1.44. The standard InChI is InChI=1S/C24H21F3N3O2/c1-30(21(31)9-7-17-4-2-3-5-18(17)24(25,26)27)20-8-6-16(15-28)14-19(20)23(22(30)32)10-12-29-13-11-23/h2-9,14,29H,10-13H2,1H3/q+1. The van der Waals surface area contributed by atoms with Gasteiger partial charge in [-0.25, -0.2) is 9.59 Å². The number of nitrogens with one attached hydrogen (secondary N) is 1. The van der Waals surface area contributed by atoms with Crippen LogP contribution in [-0.2, 0) is 21.2 Å². The fourth-order valence-corrected chi connectivity index (χ4v) is 4.80. The molecule has 0 aliphatic carbocycles. The van der Waals surface area contributed by atoms with Crippen molar-refractivity contribution in [3.8, 4) is 6.07 Å². The lowest BCUT2D eigenvalue weighted by molar-refractivity contribution is -0.142. The van der Waals surface area contributed by atoms with Crippen LogP contribution >= 0.6 is 0 Å². The number of quaternary nitrogens is 1. The number of hydrogen-bond acceptors (Lipinski definition) is 4. The van der Waals surface area contributed by atoms with Gasteiger partial charge in [0.05, 0.1) is 24.2 Å². The summed E-state index contributed by atoms with van der Waals surface area (Å²) in [6.45, 7) is 1.18. The van der Waals surface area contributed by atoms with Gasteiger partial charge in [0.15, 0.2) is 5.69 Å². The number of fused-ring (bicyclic) bond motifs is 2. The molecule has 4 rings (SSSR count). The van der Waals surface area contributed by atoms with Gasteiger partial charge in [-0.2, -0.15) is 22.9 Å². The second-order valence-corrected chi connectivity index (χ2v) is 8.24. The molecule has 1 fully saturated rings. The number of nitriles is 1. The highest BCUT2D eigenvalue weighted by Gasteiger charge is 2.63. The number of hydrogen-bond donors (Lipinski definition) is 1. The van der Waals surface area contributed by atoms with Gasteiger partial charge in [0.2, 0.25) is 0 Å². The lowest BCUT2D eigenvalue weighted by atomic mass is 9.74. The maximum absolute atomic E-state index is 13.8. The first-order valence-corrected chi connectivity index (χ1v) is 10.2. The monoisotopic (exact) mass is 440 g/mol. The molecule has 0 aromatic heterocycles. The van der Waals surface area contributed by atoms with Crippen LogP contribution in [0.3, 0.4) is 0 Å². The van der Waals surface area contributed by atoms with Gasteiger partial charge in [-0.15, -0.1) is 0 Å². The van der Waals surface area contributed by atoms with E-state index in [2.05, 4.69) is 11.4 Å². The molecule has 5 nitrogen and oxygen atoms in total. The van der Waals surface area contributed by atoms with E-state index in [-0.39, 0.29) is 11.5 Å². The molecule has 0 radical (unpaired) electrons. The average Bonchev–Trinajstić information content (AvgIpc) is 2.97. The zero-order chi connectivity index (χ0) is 23.1. The van der Waals surface area contributed by atoms with Crippen molar-refractivity contribution < 1.29 is 22.8 Å². The van der Waals surface area contributed by atoms with E-state index in [9.17, 15) is 28.0 Å². The number of halogens is 3. The molecule has 1 saturated heterocycles. The van der Waals surface area contributed by atoms with Gasteiger partial charge in [-0.05, 0) is 55.8 Å². The van der Waals surface area contributed by atoms with Gasteiger partial charge in [0.25, 0.3) is 0 Å². The lowest BCUT2D eigenvalue weighted by Crippen LogP contribution is -2.58. The van der Waals surface area contributed by atoms with Crippen LogP contribution in [0.1, 0.15) is 35.1 Å². The minimum Gasteiger partial charge on any atom is -0.317 e. The molecule has 1 spiro atoms. The number of rotatable bonds is 2. The van der Waals surface area contributed by atoms with Crippen LogP contribution in [0.4, 0.5) is 18.9 Å². The number of carbonyl (C=O) groups is 2. The molecule has 2 aromatic rings. The number of carbonyl (C=O) groups excluding carboxylic acids is 2. The van der Waals surface area contributed by atoms with E-state index in [0.29, 0.717) is 42.7 Å².